The summed E-state index contributed by atoms with van der Waals surface area (Å²) in [6.45, 7) is 1.52. The molecule has 0 aromatic heterocycles. The number of amides is 2. The fourth-order valence-electron chi connectivity index (χ4n) is 4.39. The summed E-state index contributed by atoms with van der Waals surface area (Å²) >= 11 is 0. The number of halogens is 4. The molecule has 2 fully saturated rings. The summed E-state index contributed by atoms with van der Waals surface area (Å²) in [5.74, 6) is -1.47. The summed E-state index contributed by atoms with van der Waals surface area (Å²) in [5, 5.41) is 9.06. The molecule has 0 spiro atoms. The van der Waals surface area contributed by atoms with Crippen LogP contribution in [0.5, 0.6) is 5.75 Å². The average molecular weight is 494 g/mol. The number of carbonyl (C=O) groups excluding carboxylic acids is 2. The Morgan fingerprint density at radius 1 is 1.09 bits per heavy atom. The minimum Gasteiger partial charge on any atom is -0.406 e. The molecule has 2 amide bonds. The minimum atomic E-state index is -4.80. The monoisotopic (exact) mass is 493 g/mol. The van der Waals surface area contributed by atoms with Crippen molar-refractivity contribution in [2.75, 3.05) is 13.1 Å². The zero-order chi connectivity index (χ0) is 25.1. The van der Waals surface area contributed by atoms with Crippen LogP contribution in [-0.4, -0.2) is 43.3 Å². The Balaban J connectivity index is 1.48. The van der Waals surface area contributed by atoms with Crippen molar-refractivity contribution < 1.29 is 31.9 Å². The van der Waals surface area contributed by atoms with E-state index in [0.29, 0.717) is 30.5 Å². The first-order valence-corrected chi connectivity index (χ1v) is 11.6. The number of piperidine rings is 1. The van der Waals surface area contributed by atoms with E-state index >= 15 is 0 Å². The molecule has 6 nitrogen and oxygen atoms in total. The molecular formula is C25H27F4N3O3. The Hall–Kier alpha value is -3.14. The van der Waals surface area contributed by atoms with Gasteiger partial charge < -0.3 is 20.7 Å². The topological polar surface area (TPSA) is 79.5 Å². The van der Waals surface area contributed by atoms with Crippen LogP contribution in [0.3, 0.4) is 0 Å². The SMILES string of the molecule is O=C(NC1CCCNC1)C(Cc1ccc(F)cc1)NC(=O)C1(c2ccc(OC(F)(F)F)cc2)CC1. The van der Waals surface area contributed by atoms with E-state index in [0.717, 1.165) is 19.4 Å². The Bertz CT molecular complexity index is 1030. The highest BCUT2D eigenvalue weighted by Crippen LogP contribution is 2.49. The van der Waals surface area contributed by atoms with Crippen LogP contribution in [0.2, 0.25) is 0 Å². The third-order valence-corrected chi connectivity index (χ3v) is 6.44. The third-order valence-electron chi connectivity index (χ3n) is 6.44. The summed E-state index contributed by atoms with van der Waals surface area (Å²) < 4.78 is 54.6. The van der Waals surface area contributed by atoms with Gasteiger partial charge in [0.2, 0.25) is 11.8 Å². The van der Waals surface area contributed by atoms with Crippen LogP contribution in [0.15, 0.2) is 48.5 Å². The van der Waals surface area contributed by atoms with E-state index in [1.165, 1.54) is 36.4 Å². The van der Waals surface area contributed by atoms with Gasteiger partial charge in [-0.1, -0.05) is 24.3 Å². The molecule has 0 radical (unpaired) electrons. The summed E-state index contributed by atoms with van der Waals surface area (Å²) in [6, 6.07) is 10.0. The molecule has 1 aliphatic heterocycles. The Labute approximate surface area is 200 Å². The molecule has 35 heavy (non-hydrogen) atoms. The molecule has 3 N–H and O–H groups in total. The maximum atomic E-state index is 13.3. The second-order valence-electron chi connectivity index (χ2n) is 9.06. The molecule has 0 bridgehead atoms. The van der Waals surface area contributed by atoms with E-state index in [1.807, 2.05) is 0 Å². The largest absolute Gasteiger partial charge is 0.573 e. The lowest BCUT2D eigenvalue weighted by Crippen LogP contribution is -2.55. The first-order valence-electron chi connectivity index (χ1n) is 11.6. The first-order chi connectivity index (χ1) is 16.6. The number of carbonyl (C=O) groups is 2. The highest BCUT2D eigenvalue weighted by Gasteiger charge is 2.52. The number of hydrogen-bond acceptors (Lipinski definition) is 4. The second-order valence-corrected chi connectivity index (χ2v) is 9.06. The molecule has 4 rings (SSSR count). The van der Waals surface area contributed by atoms with Crippen LogP contribution in [0.1, 0.15) is 36.8 Å². The predicted octanol–water partition coefficient (Wildman–Crippen LogP) is 3.35. The molecule has 188 valence electrons. The molecule has 2 aromatic carbocycles. The van der Waals surface area contributed by atoms with Gasteiger partial charge in [0.05, 0.1) is 5.41 Å². The highest BCUT2D eigenvalue weighted by atomic mass is 19.4. The maximum absolute atomic E-state index is 13.3. The van der Waals surface area contributed by atoms with Crippen LogP contribution >= 0.6 is 0 Å². The summed E-state index contributed by atoms with van der Waals surface area (Å²) in [7, 11) is 0. The van der Waals surface area contributed by atoms with E-state index in [1.54, 1.807) is 12.1 Å². The maximum Gasteiger partial charge on any atom is 0.573 e. The zero-order valence-corrected chi connectivity index (χ0v) is 19.0. The lowest BCUT2D eigenvalue weighted by atomic mass is 9.93. The van der Waals surface area contributed by atoms with Crippen LogP contribution in [-0.2, 0) is 21.4 Å². The van der Waals surface area contributed by atoms with E-state index in [-0.39, 0.29) is 30.0 Å². The Kier molecular flexibility index (Phi) is 7.30. The smallest absolute Gasteiger partial charge is 0.406 e. The second kappa shape index (κ2) is 10.2. The van der Waals surface area contributed by atoms with Crippen LogP contribution in [0.25, 0.3) is 0 Å². The molecule has 2 atom stereocenters. The molecule has 1 saturated carbocycles. The van der Waals surface area contributed by atoms with E-state index < -0.39 is 23.6 Å². The van der Waals surface area contributed by atoms with Gasteiger partial charge >= 0.3 is 6.36 Å². The fourth-order valence-corrected chi connectivity index (χ4v) is 4.39. The van der Waals surface area contributed by atoms with Gasteiger partial charge in [0.1, 0.15) is 17.6 Å². The molecule has 1 saturated heterocycles. The number of alkyl halides is 3. The van der Waals surface area contributed by atoms with Crippen molar-refractivity contribution in [1.29, 1.82) is 0 Å². The summed E-state index contributed by atoms with van der Waals surface area (Å²) in [5.41, 5.74) is 0.332. The van der Waals surface area contributed by atoms with Crippen molar-refractivity contribution in [1.82, 2.24) is 16.0 Å². The molecule has 2 aliphatic rings. The third kappa shape index (κ3) is 6.50. The van der Waals surface area contributed by atoms with Gasteiger partial charge in [-0.2, -0.15) is 0 Å². The Morgan fingerprint density at radius 2 is 1.77 bits per heavy atom. The molecule has 1 heterocycles. The molecule has 2 unspecified atom stereocenters. The van der Waals surface area contributed by atoms with Gasteiger partial charge in [0.25, 0.3) is 0 Å². The highest BCUT2D eigenvalue weighted by molar-refractivity contribution is 5.95. The molecule has 1 aliphatic carbocycles. The van der Waals surface area contributed by atoms with Crippen molar-refractivity contribution in [2.24, 2.45) is 0 Å². The van der Waals surface area contributed by atoms with Crippen molar-refractivity contribution in [3.05, 3.63) is 65.5 Å². The van der Waals surface area contributed by atoms with Crippen molar-refractivity contribution >= 4 is 11.8 Å². The normalized spacial score (nSPS) is 19.9. The number of hydrogen-bond donors (Lipinski definition) is 3. The van der Waals surface area contributed by atoms with E-state index in [2.05, 4.69) is 20.7 Å². The van der Waals surface area contributed by atoms with Gasteiger partial charge in [-0.05, 0) is 67.6 Å². The number of ether oxygens (including phenoxy) is 1. The number of nitrogens with one attached hydrogen (secondary N) is 3. The molecular weight excluding hydrogens is 466 g/mol. The number of rotatable bonds is 8. The fraction of sp³-hybridized carbons (Fsp3) is 0.440. The van der Waals surface area contributed by atoms with Crippen LogP contribution in [0.4, 0.5) is 17.6 Å². The first kappa shape index (κ1) is 25.0. The zero-order valence-electron chi connectivity index (χ0n) is 19.0. The predicted molar refractivity (Wildman–Crippen MR) is 120 cm³/mol. The summed E-state index contributed by atoms with van der Waals surface area (Å²) in [4.78, 5) is 26.4. The van der Waals surface area contributed by atoms with Gasteiger partial charge in [0, 0.05) is 19.0 Å². The van der Waals surface area contributed by atoms with Crippen LogP contribution in [0, 0.1) is 5.82 Å². The van der Waals surface area contributed by atoms with Gasteiger partial charge in [-0.25, -0.2) is 4.39 Å². The lowest BCUT2D eigenvalue weighted by molar-refractivity contribution is -0.274. The lowest BCUT2D eigenvalue weighted by Gasteiger charge is -2.28. The quantitative estimate of drug-likeness (QED) is 0.493. The van der Waals surface area contributed by atoms with Crippen molar-refractivity contribution in [3.8, 4) is 5.75 Å². The van der Waals surface area contributed by atoms with Crippen molar-refractivity contribution in [3.63, 3.8) is 0 Å². The standard InChI is InChI=1S/C25H27F4N3O3/c26-18-7-3-16(4-8-18)14-21(22(33)31-19-2-1-13-30-15-19)32-23(34)24(11-12-24)17-5-9-20(10-6-17)35-25(27,28)29/h3-10,19,21,30H,1-2,11-15H2,(H,31,33)(H,32,34). The van der Waals surface area contributed by atoms with Crippen molar-refractivity contribution in [2.45, 2.75) is 56.0 Å². The van der Waals surface area contributed by atoms with E-state index in [4.69, 9.17) is 0 Å². The average Bonchev–Trinajstić information content (AvgIpc) is 3.62. The van der Waals surface area contributed by atoms with Crippen LogP contribution < -0.4 is 20.7 Å². The minimum absolute atomic E-state index is 0.0556. The van der Waals surface area contributed by atoms with E-state index in [9.17, 15) is 27.2 Å². The van der Waals surface area contributed by atoms with Gasteiger partial charge in [-0.3, -0.25) is 9.59 Å². The Morgan fingerprint density at radius 3 is 2.34 bits per heavy atom. The molecule has 10 heteroatoms. The van der Waals surface area contributed by atoms with Gasteiger partial charge in [0.15, 0.2) is 0 Å². The van der Waals surface area contributed by atoms with Gasteiger partial charge in [-0.15, -0.1) is 13.2 Å². The molecule has 2 aromatic rings. The summed E-state index contributed by atoms with van der Waals surface area (Å²) in [6.07, 6.45) is -1.85. The number of benzene rings is 2.